The van der Waals surface area contributed by atoms with E-state index in [0.717, 1.165) is 31.1 Å². The molecule has 0 aliphatic heterocycles. The smallest absolute Gasteiger partial charge is 0.136 e. The summed E-state index contributed by atoms with van der Waals surface area (Å²) in [6.45, 7) is 4.16. The Morgan fingerprint density at radius 2 is 1.95 bits per heavy atom. The first-order valence-electron chi connectivity index (χ1n) is 9.03. The molecule has 0 aromatic carbocycles. The van der Waals surface area contributed by atoms with Gasteiger partial charge in [0.05, 0.1) is 0 Å². The second-order valence-electron chi connectivity index (χ2n) is 8.22. The summed E-state index contributed by atoms with van der Waals surface area (Å²) < 4.78 is 0. The fraction of sp³-hybridized carbons (Fsp3) is 0.895. The lowest BCUT2D eigenvalue weighted by Gasteiger charge is -2.55. The van der Waals surface area contributed by atoms with Crippen LogP contribution in [0.1, 0.15) is 78.1 Å². The normalized spacial score (nSPS) is 43.0. The van der Waals surface area contributed by atoms with Crippen molar-refractivity contribution in [2.24, 2.45) is 29.1 Å². The lowest BCUT2D eigenvalue weighted by atomic mass is 9.49. The maximum absolute atomic E-state index is 12.4. The lowest BCUT2D eigenvalue weighted by molar-refractivity contribution is -0.136. The van der Waals surface area contributed by atoms with Crippen LogP contribution in [0.4, 0.5) is 0 Å². The van der Waals surface area contributed by atoms with Gasteiger partial charge in [0, 0.05) is 18.8 Å². The SMILES string of the molecule is CC(=O)CCC1C(=O)CCC2C1CCC1(C)CCCCC21. The molecule has 0 N–H and O–H groups in total. The highest BCUT2D eigenvalue weighted by atomic mass is 16.1. The second-order valence-corrected chi connectivity index (χ2v) is 8.22. The molecule has 5 unspecified atom stereocenters. The number of fused-ring (bicyclic) bond motifs is 3. The van der Waals surface area contributed by atoms with Gasteiger partial charge < -0.3 is 4.79 Å². The Hall–Kier alpha value is -0.660. The Kier molecular flexibility index (Phi) is 4.25. The molecular weight excluding hydrogens is 260 g/mol. The Morgan fingerprint density at radius 3 is 2.71 bits per heavy atom. The highest BCUT2D eigenvalue weighted by Gasteiger charge is 2.51. The number of Topliss-reactive ketones (excluding diaryl/α,β-unsaturated/α-hetero) is 2. The van der Waals surface area contributed by atoms with Gasteiger partial charge in [0.2, 0.25) is 0 Å². The van der Waals surface area contributed by atoms with Crippen LogP contribution in [0.3, 0.4) is 0 Å². The first-order chi connectivity index (χ1) is 10.0. The molecule has 2 nitrogen and oxygen atoms in total. The van der Waals surface area contributed by atoms with E-state index in [4.69, 9.17) is 0 Å². The van der Waals surface area contributed by atoms with Gasteiger partial charge in [-0.2, -0.15) is 0 Å². The van der Waals surface area contributed by atoms with Gasteiger partial charge in [-0.15, -0.1) is 0 Å². The molecule has 0 radical (unpaired) electrons. The molecule has 118 valence electrons. The van der Waals surface area contributed by atoms with Crippen molar-refractivity contribution >= 4 is 11.6 Å². The number of rotatable bonds is 3. The van der Waals surface area contributed by atoms with Crippen molar-refractivity contribution in [2.75, 3.05) is 0 Å². The molecule has 5 atom stereocenters. The van der Waals surface area contributed by atoms with Crippen molar-refractivity contribution < 1.29 is 9.59 Å². The zero-order valence-corrected chi connectivity index (χ0v) is 13.7. The number of carbonyl (C=O) groups is 2. The van der Waals surface area contributed by atoms with Gasteiger partial charge >= 0.3 is 0 Å². The highest BCUT2D eigenvalue weighted by molar-refractivity contribution is 5.83. The van der Waals surface area contributed by atoms with Crippen LogP contribution in [0.15, 0.2) is 0 Å². The number of hydrogen-bond acceptors (Lipinski definition) is 2. The van der Waals surface area contributed by atoms with Crippen LogP contribution >= 0.6 is 0 Å². The predicted octanol–water partition coefficient (Wildman–Crippen LogP) is 4.56. The van der Waals surface area contributed by atoms with Crippen LogP contribution < -0.4 is 0 Å². The summed E-state index contributed by atoms with van der Waals surface area (Å²) >= 11 is 0. The lowest BCUT2D eigenvalue weighted by Crippen LogP contribution is -2.49. The third-order valence-corrected chi connectivity index (χ3v) is 6.99. The van der Waals surface area contributed by atoms with E-state index in [0.29, 0.717) is 23.5 Å². The maximum Gasteiger partial charge on any atom is 0.136 e. The Morgan fingerprint density at radius 1 is 1.14 bits per heavy atom. The molecule has 0 amide bonds. The molecule has 0 heterocycles. The molecule has 2 heteroatoms. The molecule has 3 fully saturated rings. The van der Waals surface area contributed by atoms with Crippen molar-refractivity contribution in [3.8, 4) is 0 Å². The van der Waals surface area contributed by atoms with Crippen LogP contribution in [0.25, 0.3) is 0 Å². The minimum absolute atomic E-state index is 0.194. The van der Waals surface area contributed by atoms with Crippen molar-refractivity contribution in [3.63, 3.8) is 0 Å². The number of carbonyl (C=O) groups excluding carboxylic acids is 2. The highest BCUT2D eigenvalue weighted by Crippen LogP contribution is 2.58. The van der Waals surface area contributed by atoms with E-state index in [1.807, 2.05) is 0 Å². The molecule has 3 rings (SSSR count). The minimum atomic E-state index is 0.194. The van der Waals surface area contributed by atoms with Gasteiger partial charge in [-0.1, -0.05) is 19.8 Å². The van der Waals surface area contributed by atoms with Gasteiger partial charge in [0.1, 0.15) is 11.6 Å². The van der Waals surface area contributed by atoms with Gasteiger partial charge in [0.25, 0.3) is 0 Å². The molecule has 21 heavy (non-hydrogen) atoms. The van der Waals surface area contributed by atoms with E-state index in [-0.39, 0.29) is 11.7 Å². The van der Waals surface area contributed by atoms with Crippen molar-refractivity contribution in [1.82, 2.24) is 0 Å². The Labute approximate surface area is 129 Å². The van der Waals surface area contributed by atoms with E-state index in [1.54, 1.807) is 6.92 Å². The Bertz CT molecular complexity index is 427. The van der Waals surface area contributed by atoms with E-state index >= 15 is 0 Å². The molecule has 0 aromatic heterocycles. The standard InChI is InChI=1S/C19H30O2/c1-13(20)6-7-16-14-10-12-19(2)11-4-3-5-17(19)15(14)8-9-18(16)21/h14-17H,3-12H2,1-2H3. The molecule has 3 aliphatic rings. The van der Waals surface area contributed by atoms with Crippen molar-refractivity contribution in [2.45, 2.75) is 78.1 Å². The monoisotopic (exact) mass is 290 g/mol. The number of ketones is 2. The second kappa shape index (κ2) is 5.85. The fourth-order valence-electron chi connectivity index (χ4n) is 5.86. The summed E-state index contributed by atoms with van der Waals surface area (Å²) in [5.41, 5.74) is 0.547. The average molecular weight is 290 g/mol. The molecule has 3 aliphatic carbocycles. The fourth-order valence-corrected chi connectivity index (χ4v) is 5.86. The minimum Gasteiger partial charge on any atom is -0.300 e. The summed E-state index contributed by atoms with van der Waals surface area (Å²) in [7, 11) is 0. The predicted molar refractivity (Wildman–Crippen MR) is 83.9 cm³/mol. The topological polar surface area (TPSA) is 34.1 Å². The summed E-state index contributed by atoms with van der Waals surface area (Å²) in [6, 6.07) is 0. The molecule has 0 spiro atoms. The molecule has 0 aromatic rings. The van der Waals surface area contributed by atoms with E-state index in [9.17, 15) is 9.59 Å². The zero-order chi connectivity index (χ0) is 15.0. The average Bonchev–Trinajstić information content (AvgIpc) is 2.45. The van der Waals surface area contributed by atoms with E-state index < -0.39 is 0 Å². The molecule has 3 saturated carbocycles. The number of hydrogen-bond donors (Lipinski definition) is 0. The maximum atomic E-state index is 12.4. The zero-order valence-electron chi connectivity index (χ0n) is 13.7. The van der Waals surface area contributed by atoms with Gasteiger partial charge in [-0.3, -0.25) is 4.79 Å². The summed E-state index contributed by atoms with van der Waals surface area (Å²) in [5, 5.41) is 0. The van der Waals surface area contributed by atoms with Gasteiger partial charge in [0.15, 0.2) is 0 Å². The van der Waals surface area contributed by atoms with Crippen LogP contribution in [-0.2, 0) is 9.59 Å². The third-order valence-electron chi connectivity index (χ3n) is 6.99. The largest absolute Gasteiger partial charge is 0.300 e. The van der Waals surface area contributed by atoms with E-state index in [1.165, 1.54) is 38.5 Å². The van der Waals surface area contributed by atoms with Gasteiger partial charge in [-0.05, 0) is 68.6 Å². The molecular formula is C19H30O2. The van der Waals surface area contributed by atoms with Crippen LogP contribution in [0, 0.1) is 29.1 Å². The first-order valence-corrected chi connectivity index (χ1v) is 9.03. The van der Waals surface area contributed by atoms with Crippen LogP contribution in [-0.4, -0.2) is 11.6 Å². The van der Waals surface area contributed by atoms with Crippen molar-refractivity contribution in [3.05, 3.63) is 0 Å². The van der Waals surface area contributed by atoms with Gasteiger partial charge in [-0.25, -0.2) is 0 Å². The third kappa shape index (κ3) is 2.83. The van der Waals surface area contributed by atoms with Crippen LogP contribution in [0.2, 0.25) is 0 Å². The van der Waals surface area contributed by atoms with Crippen LogP contribution in [0.5, 0.6) is 0 Å². The first kappa shape index (κ1) is 15.2. The Balaban J connectivity index is 1.77. The molecule has 0 saturated heterocycles. The molecule has 0 bridgehead atoms. The van der Waals surface area contributed by atoms with E-state index in [2.05, 4.69) is 6.92 Å². The summed E-state index contributed by atoms with van der Waals surface area (Å²) in [5.74, 6) is 3.08. The summed E-state index contributed by atoms with van der Waals surface area (Å²) in [6.07, 6.45) is 11.4. The summed E-state index contributed by atoms with van der Waals surface area (Å²) in [4.78, 5) is 23.7. The quantitative estimate of drug-likeness (QED) is 0.763. The van der Waals surface area contributed by atoms with Crippen molar-refractivity contribution in [1.29, 1.82) is 0 Å².